The normalized spacial score (nSPS) is 9.00. The Kier molecular flexibility index (Phi) is 7.89. The third-order valence-corrected chi connectivity index (χ3v) is 1.78. The Morgan fingerprint density at radius 1 is 1.12 bits per heavy atom. The minimum atomic E-state index is -1.24. The van der Waals surface area contributed by atoms with Gasteiger partial charge in [-0.25, -0.2) is 0 Å². The fraction of sp³-hybridized carbons (Fsp3) is 0.273. The van der Waals surface area contributed by atoms with Crippen LogP contribution >= 0.6 is 0 Å². The molecule has 0 heterocycles. The number of benzene rings is 1. The molecule has 80 valence electrons. The summed E-state index contributed by atoms with van der Waals surface area (Å²) in [5.41, 5.74) is 0.874. The van der Waals surface area contributed by atoms with E-state index in [2.05, 4.69) is 0 Å². The molecule has 0 unspecified atom stereocenters. The maximum absolute atomic E-state index is 11.0. The third-order valence-electron chi connectivity index (χ3n) is 1.78. The molecule has 4 nitrogen and oxygen atoms in total. The molecule has 0 bridgehead atoms. The van der Waals surface area contributed by atoms with Crippen LogP contribution in [0.15, 0.2) is 30.3 Å². The zero-order valence-corrected chi connectivity index (χ0v) is 11.1. The summed E-state index contributed by atoms with van der Waals surface area (Å²) >= 11 is 0. The van der Waals surface area contributed by atoms with Crippen LogP contribution in [0, 0.1) is 0 Å². The smallest absolute Gasteiger partial charge is 0.550 e. The molecule has 1 aromatic rings. The second kappa shape index (κ2) is 8.33. The van der Waals surface area contributed by atoms with Gasteiger partial charge in [0.25, 0.3) is 0 Å². The Morgan fingerprint density at radius 2 is 1.75 bits per heavy atom. The molecule has 0 atom stereocenters. The van der Waals surface area contributed by atoms with E-state index in [0.717, 1.165) is 5.56 Å². The number of aliphatic carboxylic acids is 1. The first-order valence-electron chi connectivity index (χ1n) is 4.58. The van der Waals surface area contributed by atoms with Crippen LogP contribution in [-0.4, -0.2) is 11.9 Å². The zero-order chi connectivity index (χ0) is 11.1. The minimum absolute atomic E-state index is 0. The Morgan fingerprint density at radius 3 is 2.31 bits per heavy atom. The molecule has 0 aliphatic heterocycles. The van der Waals surface area contributed by atoms with Gasteiger partial charge in [0.05, 0.1) is 6.42 Å². The minimum Gasteiger partial charge on any atom is -0.550 e. The molecule has 0 aliphatic rings. The van der Waals surface area contributed by atoms with E-state index in [1.165, 1.54) is 0 Å². The number of rotatable bonds is 5. The Bertz CT molecular complexity index is 337. The summed E-state index contributed by atoms with van der Waals surface area (Å²) in [7, 11) is 0. The summed E-state index contributed by atoms with van der Waals surface area (Å²) in [6.07, 6.45) is -0.442. The van der Waals surface area contributed by atoms with Crippen LogP contribution in [-0.2, 0) is 20.9 Å². The van der Waals surface area contributed by atoms with Crippen molar-refractivity contribution in [3.05, 3.63) is 35.9 Å². The fourth-order valence-electron chi connectivity index (χ4n) is 1.01. The molecule has 16 heavy (non-hydrogen) atoms. The van der Waals surface area contributed by atoms with Crippen molar-refractivity contribution in [1.29, 1.82) is 0 Å². The maximum Gasteiger partial charge on any atom is 1.00 e. The van der Waals surface area contributed by atoms with Crippen LogP contribution in [0.5, 0.6) is 0 Å². The van der Waals surface area contributed by atoms with Gasteiger partial charge in [0.2, 0.25) is 0 Å². The summed E-state index contributed by atoms with van der Waals surface area (Å²) in [6.45, 7) is 0.173. The predicted molar refractivity (Wildman–Crippen MR) is 50.5 cm³/mol. The van der Waals surface area contributed by atoms with Gasteiger partial charge in [0, 0.05) is 5.97 Å². The quantitative estimate of drug-likeness (QED) is 0.407. The van der Waals surface area contributed by atoms with E-state index >= 15 is 0 Å². The van der Waals surface area contributed by atoms with Crippen molar-refractivity contribution in [1.82, 2.24) is 0 Å². The molecule has 1 rings (SSSR count). The van der Waals surface area contributed by atoms with Gasteiger partial charge in [0.15, 0.2) is 0 Å². The van der Waals surface area contributed by atoms with Gasteiger partial charge in [-0.15, -0.1) is 0 Å². The van der Waals surface area contributed by atoms with Gasteiger partial charge >= 0.3 is 35.5 Å². The summed E-state index contributed by atoms with van der Waals surface area (Å²) in [5, 5.41) is 10.1. The number of esters is 1. The molecule has 0 spiro atoms. The van der Waals surface area contributed by atoms with E-state index in [9.17, 15) is 14.7 Å². The first kappa shape index (κ1) is 15.2. The Hall–Kier alpha value is -0.840. The van der Waals surface area contributed by atoms with Crippen molar-refractivity contribution < 1.29 is 49.0 Å². The van der Waals surface area contributed by atoms with E-state index in [-0.39, 0.29) is 49.0 Å². The average molecular weight is 230 g/mol. The van der Waals surface area contributed by atoms with Crippen molar-refractivity contribution in [2.75, 3.05) is 0 Å². The second-order valence-corrected chi connectivity index (χ2v) is 3.02. The second-order valence-electron chi connectivity index (χ2n) is 3.02. The molecule has 0 amide bonds. The van der Waals surface area contributed by atoms with Crippen LogP contribution in [0.25, 0.3) is 0 Å². The van der Waals surface area contributed by atoms with E-state index in [1.807, 2.05) is 30.3 Å². The first-order chi connectivity index (χ1) is 7.18. The third kappa shape index (κ3) is 6.61. The van der Waals surface area contributed by atoms with Crippen LogP contribution in [0.3, 0.4) is 0 Å². The fourth-order valence-corrected chi connectivity index (χ4v) is 1.01. The van der Waals surface area contributed by atoms with Gasteiger partial charge in [-0.05, 0) is 12.0 Å². The summed E-state index contributed by atoms with van der Waals surface area (Å²) in [4.78, 5) is 21.1. The zero-order valence-electron chi connectivity index (χ0n) is 9.14. The van der Waals surface area contributed by atoms with Gasteiger partial charge in [-0.3, -0.25) is 4.79 Å². The largest absolute Gasteiger partial charge is 1.00 e. The standard InChI is InChI=1S/C11H12O4.Na/c12-10(13)6-7-11(14)15-8-9-4-2-1-3-5-9;/h1-5H,6-8H2,(H,12,13);/q;+1/p-1. The van der Waals surface area contributed by atoms with Crippen molar-refractivity contribution in [2.24, 2.45) is 0 Å². The number of carbonyl (C=O) groups excluding carboxylic acids is 2. The van der Waals surface area contributed by atoms with Crippen molar-refractivity contribution in [3.63, 3.8) is 0 Å². The van der Waals surface area contributed by atoms with Gasteiger partial charge in [-0.2, -0.15) is 0 Å². The molecule has 0 aliphatic carbocycles. The van der Waals surface area contributed by atoms with E-state index in [4.69, 9.17) is 4.74 Å². The molecule has 1 aromatic carbocycles. The van der Waals surface area contributed by atoms with Crippen molar-refractivity contribution in [3.8, 4) is 0 Å². The SMILES string of the molecule is O=C([O-])CCC(=O)OCc1ccccc1.[Na+]. The molecule has 0 aromatic heterocycles. The topological polar surface area (TPSA) is 66.4 Å². The molecule has 0 radical (unpaired) electrons. The van der Waals surface area contributed by atoms with Crippen LogP contribution < -0.4 is 34.7 Å². The van der Waals surface area contributed by atoms with E-state index in [1.54, 1.807) is 0 Å². The average Bonchev–Trinajstić information content (AvgIpc) is 2.25. The number of hydrogen-bond donors (Lipinski definition) is 0. The van der Waals surface area contributed by atoms with Gasteiger partial charge in [-0.1, -0.05) is 30.3 Å². The van der Waals surface area contributed by atoms with Crippen molar-refractivity contribution >= 4 is 11.9 Å². The molecular formula is C11H11NaO4. The molecule has 0 N–H and O–H groups in total. The molecule has 0 saturated heterocycles. The van der Waals surface area contributed by atoms with Crippen molar-refractivity contribution in [2.45, 2.75) is 19.4 Å². The summed E-state index contributed by atoms with van der Waals surface area (Å²) in [6, 6.07) is 9.19. The van der Waals surface area contributed by atoms with Gasteiger partial charge in [0.1, 0.15) is 6.61 Å². The van der Waals surface area contributed by atoms with Gasteiger partial charge < -0.3 is 14.6 Å². The van der Waals surface area contributed by atoms with Crippen LogP contribution in [0.2, 0.25) is 0 Å². The van der Waals surface area contributed by atoms with Crippen LogP contribution in [0.1, 0.15) is 18.4 Å². The number of carboxylic acid groups (broad SMARTS) is 1. The molecule has 0 saturated carbocycles. The number of carbonyl (C=O) groups is 2. The number of ether oxygens (including phenoxy) is 1. The van der Waals surface area contributed by atoms with Crippen LogP contribution in [0.4, 0.5) is 0 Å². The molecule has 0 fully saturated rings. The first-order valence-corrected chi connectivity index (χ1v) is 4.58. The Labute approximate surface area is 116 Å². The van der Waals surface area contributed by atoms with E-state index in [0.29, 0.717) is 0 Å². The number of carboxylic acids is 1. The van der Waals surface area contributed by atoms with E-state index < -0.39 is 11.9 Å². The monoisotopic (exact) mass is 230 g/mol. The Balaban J connectivity index is 0.00000225. The summed E-state index contributed by atoms with van der Waals surface area (Å²) in [5.74, 6) is -1.77. The maximum atomic E-state index is 11.0. The molecule has 5 heteroatoms. The number of hydrogen-bond acceptors (Lipinski definition) is 4. The summed E-state index contributed by atoms with van der Waals surface area (Å²) < 4.78 is 4.85. The molecular weight excluding hydrogens is 219 g/mol. The predicted octanol–water partition coefficient (Wildman–Crippen LogP) is -2.74.